The molecule has 0 heterocycles. The molecule has 0 saturated carbocycles. The average molecular weight is 343 g/mol. The summed E-state index contributed by atoms with van der Waals surface area (Å²) in [6.07, 6.45) is -0.776. The summed E-state index contributed by atoms with van der Waals surface area (Å²) in [4.78, 5) is 0. The largest absolute Gasteiger partial charge is 0.488 e. The van der Waals surface area contributed by atoms with Gasteiger partial charge in [-0.1, -0.05) is 12.1 Å². The Morgan fingerprint density at radius 2 is 2.00 bits per heavy atom. The van der Waals surface area contributed by atoms with E-state index in [2.05, 4.69) is 15.9 Å². The van der Waals surface area contributed by atoms with Crippen molar-refractivity contribution in [1.29, 1.82) is 0 Å². The van der Waals surface area contributed by atoms with Gasteiger partial charge in [-0.3, -0.25) is 0 Å². The lowest BCUT2D eigenvalue weighted by Gasteiger charge is -2.14. The Kier molecular flexibility index (Phi) is 4.73. The molecule has 2 rings (SSSR count). The molecule has 0 saturated heterocycles. The van der Waals surface area contributed by atoms with Crippen LogP contribution in [0, 0.1) is 11.6 Å². The second kappa shape index (κ2) is 6.33. The average Bonchev–Trinajstić information content (AvgIpc) is 2.40. The summed E-state index contributed by atoms with van der Waals surface area (Å²) < 4.78 is 32.4. The molecule has 0 aliphatic rings. The molecule has 0 spiro atoms. The molecule has 1 N–H and O–H groups in total. The zero-order chi connectivity index (χ0) is 14.7. The molecule has 0 aliphatic heterocycles. The highest BCUT2D eigenvalue weighted by Crippen LogP contribution is 2.28. The van der Waals surface area contributed by atoms with Crippen LogP contribution in [0.15, 0.2) is 40.9 Å². The van der Waals surface area contributed by atoms with Crippen LogP contribution in [-0.2, 0) is 6.61 Å². The van der Waals surface area contributed by atoms with Gasteiger partial charge in [-0.05, 0) is 41.1 Å². The number of benzene rings is 2. The first-order valence-electron chi connectivity index (χ1n) is 6.02. The smallest absolute Gasteiger partial charge is 0.137 e. The Morgan fingerprint density at radius 1 is 1.25 bits per heavy atom. The zero-order valence-corrected chi connectivity index (χ0v) is 12.3. The lowest BCUT2D eigenvalue weighted by Crippen LogP contribution is -2.02. The van der Waals surface area contributed by atoms with Gasteiger partial charge < -0.3 is 9.84 Å². The molecule has 0 aromatic heterocycles. The minimum atomic E-state index is -0.776. The van der Waals surface area contributed by atoms with Gasteiger partial charge in [0.15, 0.2) is 0 Å². The van der Waals surface area contributed by atoms with Gasteiger partial charge in [-0.25, -0.2) is 8.78 Å². The van der Waals surface area contributed by atoms with E-state index < -0.39 is 11.9 Å². The maximum Gasteiger partial charge on any atom is 0.137 e. The van der Waals surface area contributed by atoms with Gasteiger partial charge in [-0.2, -0.15) is 0 Å². The summed E-state index contributed by atoms with van der Waals surface area (Å²) in [5.74, 6) is -0.597. The van der Waals surface area contributed by atoms with Crippen LogP contribution < -0.4 is 4.74 Å². The van der Waals surface area contributed by atoms with E-state index in [0.29, 0.717) is 15.6 Å². The van der Waals surface area contributed by atoms with Gasteiger partial charge in [0.05, 0.1) is 10.6 Å². The lowest BCUT2D eigenvalue weighted by atomic mass is 10.1. The molecule has 0 radical (unpaired) electrons. The third-order valence-corrected chi connectivity index (χ3v) is 3.73. The molecule has 0 aliphatic carbocycles. The van der Waals surface area contributed by atoms with Crippen molar-refractivity contribution < 1.29 is 18.6 Å². The molecule has 5 heteroatoms. The number of rotatable bonds is 4. The highest BCUT2D eigenvalue weighted by atomic mass is 79.9. The Bertz CT molecular complexity index is 615. The second-order valence-corrected chi connectivity index (χ2v) is 5.15. The maximum absolute atomic E-state index is 13.4. The number of hydrogen-bond donors (Lipinski definition) is 1. The Labute approximate surface area is 124 Å². The number of ether oxygens (including phenoxy) is 1. The van der Waals surface area contributed by atoms with Gasteiger partial charge >= 0.3 is 0 Å². The standard InChI is InChI=1S/C15H13BrF2O2/c1-9(19)12-6-5-11(17)7-14(12)20-8-10-3-2-4-13(18)15(10)16/h2-7,9,19H,8H2,1H3/t9-/m1/s1. The van der Waals surface area contributed by atoms with Gasteiger partial charge in [0, 0.05) is 17.2 Å². The van der Waals surface area contributed by atoms with E-state index in [4.69, 9.17) is 4.74 Å². The first-order chi connectivity index (χ1) is 9.49. The summed E-state index contributed by atoms with van der Waals surface area (Å²) in [5.41, 5.74) is 1.09. The quantitative estimate of drug-likeness (QED) is 0.894. The highest BCUT2D eigenvalue weighted by molar-refractivity contribution is 9.10. The normalized spacial score (nSPS) is 12.2. The molecule has 0 unspecified atom stereocenters. The van der Waals surface area contributed by atoms with Crippen molar-refractivity contribution in [2.24, 2.45) is 0 Å². The van der Waals surface area contributed by atoms with Gasteiger partial charge in [0.2, 0.25) is 0 Å². The first kappa shape index (κ1) is 14.9. The van der Waals surface area contributed by atoms with Gasteiger partial charge in [0.1, 0.15) is 24.0 Å². The predicted molar refractivity (Wildman–Crippen MR) is 75.5 cm³/mol. The molecule has 20 heavy (non-hydrogen) atoms. The predicted octanol–water partition coefficient (Wildman–Crippen LogP) is 4.36. The van der Waals surface area contributed by atoms with Crippen LogP contribution in [0.25, 0.3) is 0 Å². The van der Waals surface area contributed by atoms with Crippen LogP contribution in [0.1, 0.15) is 24.2 Å². The van der Waals surface area contributed by atoms with E-state index in [1.807, 2.05) is 0 Å². The molecule has 1 atom stereocenters. The molecular formula is C15H13BrF2O2. The minimum Gasteiger partial charge on any atom is -0.488 e. The molecule has 0 amide bonds. The topological polar surface area (TPSA) is 29.5 Å². The molecule has 2 nitrogen and oxygen atoms in total. The van der Waals surface area contributed by atoms with Crippen molar-refractivity contribution in [3.8, 4) is 5.75 Å². The van der Waals surface area contributed by atoms with Crippen LogP contribution in [0.3, 0.4) is 0 Å². The Morgan fingerprint density at radius 3 is 2.70 bits per heavy atom. The number of halogens is 3. The van der Waals surface area contributed by atoms with E-state index in [0.717, 1.165) is 0 Å². The van der Waals surface area contributed by atoms with Crippen LogP contribution in [-0.4, -0.2) is 5.11 Å². The first-order valence-corrected chi connectivity index (χ1v) is 6.81. The Hall–Kier alpha value is -1.46. The highest BCUT2D eigenvalue weighted by Gasteiger charge is 2.12. The minimum absolute atomic E-state index is 0.0709. The maximum atomic E-state index is 13.4. The Balaban J connectivity index is 2.22. The van der Waals surface area contributed by atoms with Crippen molar-refractivity contribution in [3.05, 3.63) is 63.6 Å². The summed E-state index contributed by atoms with van der Waals surface area (Å²) >= 11 is 3.14. The van der Waals surface area contributed by atoms with Crippen LogP contribution in [0.4, 0.5) is 8.78 Å². The van der Waals surface area contributed by atoms with Gasteiger partial charge in [0.25, 0.3) is 0 Å². The second-order valence-electron chi connectivity index (χ2n) is 4.36. The summed E-state index contributed by atoms with van der Waals surface area (Å²) in [5, 5.41) is 9.62. The summed E-state index contributed by atoms with van der Waals surface area (Å²) in [6.45, 7) is 1.64. The zero-order valence-electron chi connectivity index (χ0n) is 10.7. The van der Waals surface area contributed by atoms with E-state index in [1.165, 1.54) is 24.3 Å². The SMILES string of the molecule is C[C@@H](O)c1ccc(F)cc1OCc1cccc(F)c1Br. The van der Waals surface area contributed by atoms with Gasteiger partial charge in [-0.15, -0.1) is 0 Å². The van der Waals surface area contributed by atoms with Crippen molar-refractivity contribution in [2.45, 2.75) is 19.6 Å². The van der Waals surface area contributed by atoms with E-state index >= 15 is 0 Å². The van der Waals surface area contributed by atoms with Crippen LogP contribution in [0.5, 0.6) is 5.75 Å². The lowest BCUT2D eigenvalue weighted by molar-refractivity contribution is 0.189. The summed E-state index contributed by atoms with van der Waals surface area (Å²) in [6, 6.07) is 8.53. The van der Waals surface area contributed by atoms with Crippen molar-refractivity contribution in [2.75, 3.05) is 0 Å². The van der Waals surface area contributed by atoms with Crippen molar-refractivity contribution in [1.82, 2.24) is 0 Å². The number of hydrogen-bond acceptors (Lipinski definition) is 2. The van der Waals surface area contributed by atoms with E-state index in [1.54, 1.807) is 19.1 Å². The monoisotopic (exact) mass is 342 g/mol. The van der Waals surface area contributed by atoms with Crippen LogP contribution in [0.2, 0.25) is 0 Å². The summed E-state index contributed by atoms with van der Waals surface area (Å²) in [7, 11) is 0. The molecule has 106 valence electrons. The van der Waals surface area contributed by atoms with Crippen molar-refractivity contribution in [3.63, 3.8) is 0 Å². The number of aliphatic hydroxyl groups excluding tert-OH is 1. The molecule has 0 bridgehead atoms. The van der Waals surface area contributed by atoms with E-state index in [9.17, 15) is 13.9 Å². The third kappa shape index (κ3) is 3.35. The molecule has 2 aromatic carbocycles. The van der Waals surface area contributed by atoms with E-state index in [-0.39, 0.29) is 18.2 Å². The fourth-order valence-corrected chi connectivity index (χ4v) is 2.17. The molecule has 2 aromatic rings. The third-order valence-electron chi connectivity index (χ3n) is 2.84. The fraction of sp³-hybridized carbons (Fsp3) is 0.200. The van der Waals surface area contributed by atoms with Crippen molar-refractivity contribution >= 4 is 15.9 Å². The fourth-order valence-electron chi connectivity index (χ4n) is 1.79. The van der Waals surface area contributed by atoms with Crippen LogP contribution >= 0.6 is 15.9 Å². The molecule has 0 fully saturated rings. The molecular weight excluding hydrogens is 330 g/mol. The number of aliphatic hydroxyl groups is 1.